The molecule has 2 aromatic rings. The number of aryl methyl sites for hydroxylation is 2. The van der Waals surface area contributed by atoms with Gasteiger partial charge in [-0.2, -0.15) is 0 Å². The van der Waals surface area contributed by atoms with Gasteiger partial charge in [0.1, 0.15) is 0 Å². The van der Waals surface area contributed by atoms with Crippen molar-refractivity contribution >= 4 is 17.2 Å². The van der Waals surface area contributed by atoms with E-state index in [4.69, 9.17) is 0 Å². The van der Waals surface area contributed by atoms with Crippen molar-refractivity contribution in [3.8, 4) is 0 Å². The van der Waals surface area contributed by atoms with Gasteiger partial charge in [-0.25, -0.2) is 0 Å². The fraction of sp³-hybridized carbons (Fsp3) is 0.353. The van der Waals surface area contributed by atoms with Gasteiger partial charge in [0.2, 0.25) is 5.91 Å². The molecule has 0 spiro atoms. The molecule has 0 aliphatic rings. The minimum absolute atomic E-state index is 0.0949. The molecule has 1 aromatic heterocycles. The maximum atomic E-state index is 12.1. The number of rotatable bonds is 5. The molecule has 0 radical (unpaired) electrons. The van der Waals surface area contributed by atoms with E-state index in [0.717, 1.165) is 11.3 Å². The quantitative estimate of drug-likeness (QED) is 0.878. The van der Waals surface area contributed by atoms with Crippen LogP contribution in [-0.4, -0.2) is 5.91 Å². The Bertz CT molecular complexity index is 575. The van der Waals surface area contributed by atoms with E-state index in [1.807, 2.05) is 17.5 Å². The Hall–Kier alpha value is -1.61. The van der Waals surface area contributed by atoms with Gasteiger partial charge in [-0.15, -0.1) is 11.3 Å². The van der Waals surface area contributed by atoms with Crippen LogP contribution in [0.15, 0.2) is 35.7 Å². The lowest BCUT2D eigenvalue weighted by Crippen LogP contribution is -2.29. The largest absolute Gasteiger partial charge is 0.349 e. The summed E-state index contributed by atoms with van der Waals surface area (Å²) in [7, 11) is 0. The zero-order chi connectivity index (χ0) is 14.5. The van der Waals surface area contributed by atoms with Gasteiger partial charge in [-0.1, -0.05) is 31.2 Å². The first-order chi connectivity index (χ1) is 9.60. The standard InChI is InChI=1S/C17H21NOS/c1-4-16(14-8-7-12(2)13(3)10-14)18-17(19)11-15-6-5-9-20-15/h5-10,16H,4,11H2,1-3H3,(H,18,19). The van der Waals surface area contributed by atoms with Gasteiger partial charge >= 0.3 is 0 Å². The van der Waals surface area contributed by atoms with Crippen molar-refractivity contribution in [3.05, 3.63) is 57.3 Å². The molecule has 2 rings (SSSR count). The minimum Gasteiger partial charge on any atom is -0.349 e. The molecule has 1 amide bonds. The number of amides is 1. The van der Waals surface area contributed by atoms with Crippen LogP contribution in [0, 0.1) is 13.8 Å². The Kier molecular flexibility index (Phi) is 4.96. The summed E-state index contributed by atoms with van der Waals surface area (Å²) in [5.41, 5.74) is 3.75. The maximum Gasteiger partial charge on any atom is 0.225 e. The van der Waals surface area contributed by atoms with Crippen LogP contribution in [0.1, 0.15) is 41.0 Å². The van der Waals surface area contributed by atoms with Gasteiger partial charge in [0.15, 0.2) is 0 Å². The van der Waals surface area contributed by atoms with Crippen LogP contribution in [0.2, 0.25) is 0 Å². The predicted octanol–water partition coefficient (Wildman–Crippen LogP) is 4.17. The van der Waals surface area contributed by atoms with Crippen LogP contribution in [0.3, 0.4) is 0 Å². The number of carbonyl (C=O) groups is 1. The SMILES string of the molecule is CCC(NC(=O)Cc1cccs1)c1ccc(C)c(C)c1. The summed E-state index contributed by atoms with van der Waals surface area (Å²) in [4.78, 5) is 13.2. The Balaban J connectivity index is 2.04. The molecule has 0 saturated carbocycles. The van der Waals surface area contributed by atoms with Crippen molar-refractivity contribution in [2.24, 2.45) is 0 Å². The second kappa shape index (κ2) is 6.71. The molecule has 1 heterocycles. The first kappa shape index (κ1) is 14.8. The smallest absolute Gasteiger partial charge is 0.225 e. The predicted molar refractivity (Wildman–Crippen MR) is 85.1 cm³/mol. The van der Waals surface area contributed by atoms with Crippen molar-refractivity contribution < 1.29 is 4.79 Å². The molecule has 0 saturated heterocycles. The third-order valence-electron chi connectivity index (χ3n) is 3.59. The highest BCUT2D eigenvalue weighted by Crippen LogP contribution is 2.20. The van der Waals surface area contributed by atoms with Gasteiger partial charge in [0.05, 0.1) is 12.5 Å². The molecule has 0 fully saturated rings. The fourth-order valence-corrected chi connectivity index (χ4v) is 2.92. The average molecular weight is 287 g/mol. The highest BCUT2D eigenvalue weighted by Gasteiger charge is 2.13. The molecule has 1 aromatic carbocycles. The molecule has 2 nitrogen and oxygen atoms in total. The number of thiophene rings is 1. The van der Waals surface area contributed by atoms with E-state index < -0.39 is 0 Å². The Morgan fingerprint density at radius 3 is 2.65 bits per heavy atom. The molecule has 1 N–H and O–H groups in total. The molecule has 20 heavy (non-hydrogen) atoms. The van der Waals surface area contributed by atoms with Crippen LogP contribution >= 0.6 is 11.3 Å². The molecule has 1 atom stereocenters. The van der Waals surface area contributed by atoms with E-state index in [0.29, 0.717) is 6.42 Å². The summed E-state index contributed by atoms with van der Waals surface area (Å²) in [6.45, 7) is 6.32. The third-order valence-corrected chi connectivity index (χ3v) is 4.47. The number of carbonyl (C=O) groups excluding carboxylic acids is 1. The van der Waals surface area contributed by atoms with Gasteiger partial charge in [0.25, 0.3) is 0 Å². The second-order valence-corrected chi connectivity index (χ2v) is 6.16. The lowest BCUT2D eigenvalue weighted by atomic mass is 9.99. The Labute approximate surface area is 124 Å². The Morgan fingerprint density at radius 1 is 1.25 bits per heavy atom. The van der Waals surface area contributed by atoms with Crippen LogP contribution in [-0.2, 0) is 11.2 Å². The maximum absolute atomic E-state index is 12.1. The molecule has 3 heteroatoms. The summed E-state index contributed by atoms with van der Waals surface area (Å²) < 4.78 is 0. The zero-order valence-corrected chi connectivity index (χ0v) is 13.1. The van der Waals surface area contributed by atoms with Crippen LogP contribution < -0.4 is 5.32 Å². The van der Waals surface area contributed by atoms with Crippen LogP contribution in [0.5, 0.6) is 0 Å². The lowest BCUT2D eigenvalue weighted by molar-refractivity contribution is -0.121. The number of hydrogen-bond acceptors (Lipinski definition) is 2. The summed E-state index contributed by atoms with van der Waals surface area (Å²) >= 11 is 1.63. The highest BCUT2D eigenvalue weighted by atomic mass is 32.1. The summed E-state index contributed by atoms with van der Waals surface area (Å²) in [6.07, 6.45) is 1.37. The van der Waals surface area contributed by atoms with Crippen LogP contribution in [0.4, 0.5) is 0 Å². The summed E-state index contributed by atoms with van der Waals surface area (Å²) in [5, 5.41) is 5.14. The normalized spacial score (nSPS) is 12.2. The molecule has 0 aliphatic carbocycles. The molecular weight excluding hydrogens is 266 g/mol. The van der Waals surface area contributed by atoms with Crippen molar-refractivity contribution in [3.63, 3.8) is 0 Å². The highest BCUT2D eigenvalue weighted by molar-refractivity contribution is 7.10. The van der Waals surface area contributed by atoms with Crippen molar-refractivity contribution in [2.45, 2.75) is 39.7 Å². The first-order valence-electron chi connectivity index (χ1n) is 6.99. The number of benzene rings is 1. The van der Waals surface area contributed by atoms with E-state index in [-0.39, 0.29) is 11.9 Å². The fourth-order valence-electron chi connectivity index (χ4n) is 2.22. The van der Waals surface area contributed by atoms with Crippen molar-refractivity contribution in [1.29, 1.82) is 0 Å². The second-order valence-electron chi connectivity index (χ2n) is 5.13. The molecule has 0 aliphatic heterocycles. The number of nitrogens with one attached hydrogen (secondary N) is 1. The molecule has 0 bridgehead atoms. The van der Waals surface area contributed by atoms with Gasteiger partial charge in [-0.3, -0.25) is 4.79 Å². The molecule has 106 valence electrons. The van der Waals surface area contributed by atoms with E-state index in [1.165, 1.54) is 16.7 Å². The van der Waals surface area contributed by atoms with E-state index in [1.54, 1.807) is 11.3 Å². The van der Waals surface area contributed by atoms with Crippen molar-refractivity contribution in [1.82, 2.24) is 5.32 Å². The van der Waals surface area contributed by atoms with Gasteiger partial charge in [0, 0.05) is 4.88 Å². The topological polar surface area (TPSA) is 29.1 Å². The van der Waals surface area contributed by atoms with Gasteiger partial charge in [-0.05, 0) is 48.4 Å². The van der Waals surface area contributed by atoms with Crippen LogP contribution in [0.25, 0.3) is 0 Å². The van der Waals surface area contributed by atoms with Crippen molar-refractivity contribution in [2.75, 3.05) is 0 Å². The molecular formula is C17H21NOS. The van der Waals surface area contributed by atoms with E-state index >= 15 is 0 Å². The zero-order valence-electron chi connectivity index (χ0n) is 12.3. The lowest BCUT2D eigenvalue weighted by Gasteiger charge is -2.18. The summed E-state index contributed by atoms with van der Waals surface area (Å²) in [5.74, 6) is 0.0949. The van der Waals surface area contributed by atoms with E-state index in [2.05, 4.69) is 44.3 Å². The minimum atomic E-state index is 0.0949. The molecule has 1 unspecified atom stereocenters. The number of hydrogen-bond donors (Lipinski definition) is 1. The van der Waals surface area contributed by atoms with E-state index in [9.17, 15) is 4.79 Å². The Morgan fingerprint density at radius 2 is 2.05 bits per heavy atom. The van der Waals surface area contributed by atoms with Gasteiger partial charge < -0.3 is 5.32 Å². The summed E-state index contributed by atoms with van der Waals surface area (Å²) in [6, 6.07) is 10.5. The average Bonchev–Trinajstić information content (AvgIpc) is 2.92. The third kappa shape index (κ3) is 3.70. The first-order valence-corrected chi connectivity index (χ1v) is 7.87. The monoisotopic (exact) mass is 287 g/mol.